The van der Waals surface area contributed by atoms with Gasteiger partial charge in [-0.05, 0) is 37.3 Å². The predicted molar refractivity (Wildman–Crippen MR) is 95.9 cm³/mol. The van der Waals surface area contributed by atoms with Gasteiger partial charge in [0.1, 0.15) is 23.2 Å². The number of aliphatic hydroxyl groups is 1. The number of phenols is 2. The van der Waals surface area contributed by atoms with E-state index < -0.39 is 5.97 Å². The minimum atomic E-state index is -0.502. The van der Waals surface area contributed by atoms with Crippen molar-refractivity contribution in [3.8, 4) is 11.5 Å². The van der Waals surface area contributed by atoms with Gasteiger partial charge in [-0.3, -0.25) is 0 Å². The first-order valence-electron chi connectivity index (χ1n) is 9.45. The van der Waals surface area contributed by atoms with Crippen molar-refractivity contribution in [1.29, 1.82) is 0 Å². The minimum Gasteiger partial charge on any atom is -0.508 e. The van der Waals surface area contributed by atoms with Crippen molar-refractivity contribution in [2.45, 2.75) is 83.3 Å². The lowest BCUT2D eigenvalue weighted by molar-refractivity contribution is 0.0227. The third-order valence-electron chi connectivity index (χ3n) is 4.89. The molecule has 0 saturated heterocycles. The van der Waals surface area contributed by atoms with Crippen molar-refractivity contribution in [1.82, 2.24) is 0 Å². The number of phenolic OH excluding ortho intramolecular Hbond substituents is 2. The van der Waals surface area contributed by atoms with Crippen LogP contribution in [0.25, 0.3) is 0 Å². The molecule has 1 aromatic carbocycles. The molecule has 0 radical (unpaired) electrons. The van der Waals surface area contributed by atoms with Gasteiger partial charge in [-0.2, -0.15) is 0 Å². The fraction of sp³-hybridized carbons (Fsp3) is 0.650. The van der Waals surface area contributed by atoms with E-state index in [2.05, 4.69) is 0 Å². The zero-order valence-electron chi connectivity index (χ0n) is 15.0. The predicted octanol–water partition coefficient (Wildman–Crippen LogP) is 4.07. The van der Waals surface area contributed by atoms with Crippen LogP contribution in [0, 0.1) is 0 Å². The van der Waals surface area contributed by atoms with Gasteiger partial charge in [0.15, 0.2) is 0 Å². The van der Waals surface area contributed by atoms with Gasteiger partial charge in [0.05, 0.1) is 6.10 Å². The topological polar surface area (TPSA) is 87.0 Å². The van der Waals surface area contributed by atoms with Crippen LogP contribution in [0.15, 0.2) is 12.1 Å². The lowest BCUT2D eigenvalue weighted by atomic mass is 9.94. The maximum Gasteiger partial charge on any atom is 0.342 e. The summed E-state index contributed by atoms with van der Waals surface area (Å²) in [6.45, 7) is 2.00. The quantitative estimate of drug-likeness (QED) is 0.437. The zero-order valence-corrected chi connectivity index (χ0v) is 15.0. The second-order valence-electron chi connectivity index (χ2n) is 6.99. The standard InChI is InChI=1S/C20H30O5/c1-2-15(21)9-7-5-3-4-6-8-10-17-12-14-11-16(22)13-18(23)19(14)20(24)25-17/h11,13,15,17,21-23H,2-10,12H2,1H3. The molecule has 2 atom stereocenters. The number of ether oxygens (including phenoxy) is 1. The Balaban J connectivity index is 1.65. The molecule has 3 N–H and O–H groups in total. The molecule has 5 nitrogen and oxygen atoms in total. The molecule has 1 aliphatic heterocycles. The normalized spacial score (nSPS) is 17.8. The number of carbonyl (C=O) groups is 1. The molecular formula is C20H30O5. The number of carbonyl (C=O) groups excluding carboxylic acids is 1. The average Bonchev–Trinajstić information content (AvgIpc) is 2.55. The highest BCUT2D eigenvalue weighted by atomic mass is 16.5. The summed E-state index contributed by atoms with van der Waals surface area (Å²) < 4.78 is 5.41. The Morgan fingerprint density at radius 2 is 1.80 bits per heavy atom. The van der Waals surface area contributed by atoms with Crippen molar-refractivity contribution >= 4 is 5.97 Å². The molecule has 2 rings (SSSR count). The Hall–Kier alpha value is -1.75. The number of hydrogen-bond donors (Lipinski definition) is 3. The monoisotopic (exact) mass is 350 g/mol. The Bertz CT molecular complexity index is 569. The van der Waals surface area contributed by atoms with E-state index in [1.165, 1.54) is 18.6 Å². The molecule has 2 unspecified atom stereocenters. The van der Waals surface area contributed by atoms with Crippen LogP contribution in [0.3, 0.4) is 0 Å². The van der Waals surface area contributed by atoms with Gasteiger partial charge in [0.2, 0.25) is 0 Å². The average molecular weight is 350 g/mol. The highest BCUT2D eigenvalue weighted by molar-refractivity contribution is 5.95. The van der Waals surface area contributed by atoms with E-state index in [-0.39, 0.29) is 29.3 Å². The summed E-state index contributed by atoms with van der Waals surface area (Å²) in [5.74, 6) is -0.747. The SMILES string of the molecule is CCC(O)CCCCCCCCC1Cc2cc(O)cc(O)c2C(=O)O1. The molecule has 1 heterocycles. The lowest BCUT2D eigenvalue weighted by Gasteiger charge is -2.25. The number of aliphatic hydroxyl groups excluding tert-OH is 1. The second kappa shape index (κ2) is 9.66. The first kappa shape index (κ1) is 19.6. The number of cyclic esters (lactones) is 1. The first-order chi connectivity index (χ1) is 12.0. The van der Waals surface area contributed by atoms with Crippen LogP contribution < -0.4 is 0 Å². The van der Waals surface area contributed by atoms with E-state index in [0.29, 0.717) is 12.0 Å². The molecule has 0 fully saturated rings. The summed E-state index contributed by atoms with van der Waals surface area (Å²) >= 11 is 0. The van der Waals surface area contributed by atoms with Crippen LogP contribution in [0.4, 0.5) is 0 Å². The largest absolute Gasteiger partial charge is 0.508 e. The van der Waals surface area contributed by atoms with Crippen molar-refractivity contribution in [3.63, 3.8) is 0 Å². The molecule has 5 heteroatoms. The Labute approximate surface area is 149 Å². The van der Waals surface area contributed by atoms with Crippen molar-refractivity contribution < 1.29 is 24.9 Å². The summed E-state index contributed by atoms with van der Waals surface area (Å²) in [7, 11) is 0. The zero-order chi connectivity index (χ0) is 18.2. The van der Waals surface area contributed by atoms with Gasteiger partial charge >= 0.3 is 5.97 Å². The maximum absolute atomic E-state index is 12.0. The van der Waals surface area contributed by atoms with E-state index in [1.807, 2.05) is 6.92 Å². The number of esters is 1. The number of unbranched alkanes of at least 4 members (excludes halogenated alkanes) is 5. The van der Waals surface area contributed by atoms with Crippen LogP contribution in [-0.2, 0) is 11.2 Å². The van der Waals surface area contributed by atoms with Gasteiger partial charge in [-0.15, -0.1) is 0 Å². The van der Waals surface area contributed by atoms with Crippen molar-refractivity contribution in [3.05, 3.63) is 23.3 Å². The highest BCUT2D eigenvalue weighted by Crippen LogP contribution is 2.33. The van der Waals surface area contributed by atoms with Crippen LogP contribution in [0.2, 0.25) is 0 Å². The van der Waals surface area contributed by atoms with E-state index >= 15 is 0 Å². The van der Waals surface area contributed by atoms with Gasteiger partial charge in [-0.1, -0.05) is 39.0 Å². The van der Waals surface area contributed by atoms with Gasteiger partial charge in [-0.25, -0.2) is 4.79 Å². The first-order valence-corrected chi connectivity index (χ1v) is 9.45. The summed E-state index contributed by atoms with van der Waals surface area (Å²) in [6, 6.07) is 2.70. The van der Waals surface area contributed by atoms with Gasteiger partial charge in [0, 0.05) is 12.5 Å². The summed E-state index contributed by atoms with van der Waals surface area (Å²) in [5.41, 5.74) is 0.844. The number of aromatic hydroxyl groups is 2. The Morgan fingerprint density at radius 1 is 1.12 bits per heavy atom. The van der Waals surface area contributed by atoms with E-state index in [1.54, 1.807) is 0 Å². The fourth-order valence-electron chi connectivity index (χ4n) is 3.39. The third kappa shape index (κ3) is 5.92. The fourth-order valence-corrected chi connectivity index (χ4v) is 3.39. The van der Waals surface area contributed by atoms with Crippen LogP contribution >= 0.6 is 0 Å². The molecule has 0 spiro atoms. The molecule has 25 heavy (non-hydrogen) atoms. The second-order valence-corrected chi connectivity index (χ2v) is 6.99. The van der Waals surface area contributed by atoms with Crippen molar-refractivity contribution in [2.75, 3.05) is 0 Å². The van der Waals surface area contributed by atoms with E-state index in [9.17, 15) is 20.1 Å². The third-order valence-corrected chi connectivity index (χ3v) is 4.89. The molecule has 0 amide bonds. The molecule has 0 bridgehead atoms. The number of fused-ring (bicyclic) bond motifs is 1. The smallest absolute Gasteiger partial charge is 0.342 e. The molecule has 1 aromatic rings. The summed E-state index contributed by atoms with van der Waals surface area (Å²) in [5, 5.41) is 28.9. The number of rotatable bonds is 10. The molecule has 140 valence electrons. The Morgan fingerprint density at radius 3 is 2.52 bits per heavy atom. The summed E-state index contributed by atoms with van der Waals surface area (Å²) in [6.07, 6.45) is 9.40. The van der Waals surface area contributed by atoms with Crippen LogP contribution in [0.5, 0.6) is 11.5 Å². The highest BCUT2D eigenvalue weighted by Gasteiger charge is 2.29. The van der Waals surface area contributed by atoms with Gasteiger partial charge in [0.25, 0.3) is 0 Å². The minimum absolute atomic E-state index is 0.0297. The maximum atomic E-state index is 12.0. The van der Waals surface area contributed by atoms with Crippen LogP contribution in [-0.4, -0.2) is 33.5 Å². The molecular weight excluding hydrogens is 320 g/mol. The molecule has 0 saturated carbocycles. The molecule has 0 aromatic heterocycles. The molecule has 0 aliphatic carbocycles. The van der Waals surface area contributed by atoms with Crippen LogP contribution in [0.1, 0.15) is 80.6 Å². The Kier molecular flexibility index (Phi) is 7.56. The van der Waals surface area contributed by atoms with E-state index in [4.69, 9.17) is 4.74 Å². The number of hydrogen-bond acceptors (Lipinski definition) is 5. The summed E-state index contributed by atoms with van der Waals surface area (Å²) in [4.78, 5) is 12.0. The number of benzene rings is 1. The van der Waals surface area contributed by atoms with Crippen molar-refractivity contribution in [2.24, 2.45) is 0 Å². The lowest BCUT2D eigenvalue weighted by Crippen LogP contribution is -2.27. The van der Waals surface area contributed by atoms with E-state index in [0.717, 1.165) is 51.4 Å². The van der Waals surface area contributed by atoms with Gasteiger partial charge < -0.3 is 20.1 Å². The molecule has 1 aliphatic rings.